The van der Waals surface area contributed by atoms with Crippen LogP contribution in [0.25, 0.3) is 0 Å². The Bertz CT molecular complexity index is 626. The molecule has 0 aliphatic carbocycles. The number of nitro benzene ring substituents is 1. The summed E-state index contributed by atoms with van der Waals surface area (Å²) in [5, 5.41) is 13.5. The standard InChI is InChI=1S/C13H10ClN3O3/c14-12-6-3-10(8-15-12)13(18)16-7-9-1-4-11(5-2-9)17(19)20/h1-6,8H,7H2,(H,16,18). The van der Waals surface area contributed by atoms with Crippen molar-refractivity contribution < 1.29 is 9.72 Å². The number of nitro groups is 1. The van der Waals surface area contributed by atoms with Crippen molar-refractivity contribution in [2.24, 2.45) is 0 Å². The van der Waals surface area contributed by atoms with Crippen molar-refractivity contribution in [3.05, 3.63) is 69.0 Å². The molecule has 102 valence electrons. The van der Waals surface area contributed by atoms with Gasteiger partial charge in [-0.15, -0.1) is 0 Å². The number of halogens is 1. The van der Waals surface area contributed by atoms with Crippen molar-refractivity contribution in [3.63, 3.8) is 0 Å². The van der Waals surface area contributed by atoms with Crippen LogP contribution < -0.4 is 5.32 Å². The minimum absolute atomic E-state index is 0.0157. The van der Waals surface area contributed by atoms with Gasteiger partial charge in [-0.3, -0.25) is 14.9 Å². The summed E-state index contributed by atoms with van der Waals surface area (Å²) in [4.78, 5) is 25.7. The van der Waals surface area contributed by atoms with Crippen LogP contribution in [0.15, 0.2) is 42.6 Å². The minimum Gasteiger partial charge on any atom is -0.348 e. The van der Waals surface area contributed by atoms with Crippen LogP contribution in [0.5, 0.6) is 0 Å². The Kier molecular flexibility index (Phi) is 4.27. The van der Waals surface area contributed by atoms with Gasteiger partial charge in [0.15, 0.2) is 0 Å². The number of carbonyl (C=O) groups excluding carboxylic acids is 1. The Labute approximate surface area is 119 Å². The van der Waals surface area contributed by atoms with Gasteiger partial charge in [-0.2, -0.15) is 0 Å². The Morgan fingerprint density at radius 3 is 2.50 bits per heavy atom. The summed E-state index contributed by atoms with van der Waals surface area (Å²) in [5.74, 6) is -0.285. The van der Waals surface area contributed by atoms with Gasteiger partial charge >= 0.3 is 0 Å². The maximum Gasteiger partial charge on any atom is 0.269 e. The van der Waals surface area contributed by atoms with Crippen LogP contribution in [0, 0.1) is 10.1 Å². The first-order valence-electron chi connectivity index (χ1n) is 5.69. The number of nitrogens with zero attached hydrogens (tertiary/aromatic N) is 2. The highest BCUT2D eigenvalue weighted by Gasteiger charge is 2.07. The van der Waals surface area contributed by atoms with Crippen molar-refractivity contribution in [1.29, 1.82) is 0 Å². The van der Waals surface area contributed by atoms with Crippen molar-refractivity contribution >= 4 is 23.2 Å². The highest BCUT2D eigenvalue weighted by Crippen LogP contribution is 2.12. The zero-order chi connectivity index (χ0) is 14.5. The van der Waals surface area contributed by atoms with Crippen LogP contribution in [0.3, 0.4) is 0 Å². The highest BCUT2D eigenvalue weighted by atomic mass is 35.5. The number of aromatic nitrogens is 1. The van der Waals surface area contributed by atoms with Gasteiger partial charge in [0.1, 0.15) is 5.15 Å². The molecule has 0 aliphatic rings. The predicted octanol–water partition coefficient (Wildman–Crippen LogP) is 2.57. The average molecular weight is 292 g/mol. The Balaban J connectivity index is 1.96. The van der Waals surface area contributed by atoms with Crippen molar-refractivity contribution in [2.45, 2.75) is 6.54 Å². The van der Waals surface area contributed by atoms with Crippen LogP contribution in [-0.4, -0.2) is 15.8 Å². The van der Waals surface area contributed by atoms with E-state index in [-0.39, 0.29) is 18.1 Å². The highest BCUT2D eigenvalue weighted by molar-refractivity contribution is 6.29. The number of non-ortho nitro benzene ring substituents is 1. The number of hydrogen-bond donors (Lipinski definition) is 1. The summed E-state index contributed by atoms with van der Waals surface area (Å²) in [6, 6.07) is 9.08. The molecule has 1 N–H and O–H groups in total. The van der Waals surface area contributed by atoms with Gasteiger partial charge in [-0.1, -0.05) is 23.7 Å². The van der Waals surface area contributed by atoms with E-state index < -0.39 is 4.92 Å². The summed E-state index contributed by atoms with van der Waals surface area (Å²) >= 11 is 5.63. The molecule has 0 atom stereocenters. The van der Waals surface area contributed by atoms with Crippen LogP contribution >= 0.6 is 11.6 Å². The first-order chi connectivity index (χ1) is 9.56. The third-order valence-corrected chi connectivity index (χ3v) is 2.81. The molecular formula is C13H10ClN3O3. The molecule has 20 heavy (non-hydrogen) atoms. The van der Waals surface area contributed by atoms with Gasteiger partial charge < -0.3 is 5.32 Å². The van der Waals surface area contributed by atoms with E-state index in [2.05, 4.69) is 10.3 Å². The molecule has 0 bridgehead atoms. The molecule has 7 heteroatoms. The van der Waals surface area contributed by atoms with Gasteiger partial charge in [0.25, 0.3) is 11.6 Å². The fourth-order valence-corrected chi connectivity index (χ4v) is 1.64. The minimum atomic E-state index is -0.470. The quantitative estimate of drug-likeness (QED) is 0.533. The van der Waals surface area contributed by atoms with Gasteiger partial charge in [0.2, 0.25) is 0 Å². The number of nitrogens with one attached hydrogen (secondary N) is 1. The molecular weight excluding hydrogens is 282 g/mol. The lowest BCUT2D eigenvalue weighted by Gasteiger charge is -2.05. The number of hydrogen-bond acceptors (Lipinski definition) is 4. The lowest BCUT2D eigenvalue weighted by Crippen LogP contribution is -2.22. The van der Waals surface area contributed by atoms with E-state index in [4.69, 9.17) is 11.6 Å². The van der Waals surface area contributed by atoms with Gasteiger partial charge in [-0.25, -0.2) is 4.98 Å². The van der Waals surface area contributed by atoms with Crippen LogP contribution in [0.2, 0.25) is 5.15 Å². The average Bonchev–Trinajstić information content (AvgIpc) is 2.46. The number of pyridine rings is 1. The summed E-state index contributed by atoms with van der Waals surface area (Å²) in [5.41, 5.74) is 1.18. The number of benzene rings is 1. The van der Waals surface area contributed by atoms with Crippen LogP contribution in [-0.2, 0) is 6.54 Å². The molecule has 2 rings (SSSR count). The maximum atomic E-state index is 11.8. The van der Waals surface area contributed by atoms with Crippen molar-refractivity contribution in [2.75, 3.05) is 0 Å². The molecule has 1 aromatic heterocycles. The summed E-state index contributed by atoms with van der Waals surface area (Å²) in [7, 11) is 0. The lowest BCUT2D eigenvalue weighted by molar-refractivity contribution is -0.384. The van der Waals surface area contributed by atoms with Gasteiger partial charge in [0, 0.05) is 24.9 Å². The second-order valence-corrected chi connectivity index (χ2v) is 4.36. The second kappa shape index (κ2) is 6.12. The number of carbonyl (C=O) groups is 1. The van der Waals surface area contributed by atoms with E-state index in [0.29, 0.717) is 10.7 Å². The molecule has 1 heterocycles. The lowest BCUT2D eigenvalue weighted by atomic mass is 10.2. The van der Waals surface area contributed by atoms with Gasteiger partial charge in [-0.05, 0) is 17.7 Å². The predicted molar refractivity (Wildman–Crippen MR) is 73.5 cm³/mol. The molecule has 0 spiro atoms. The number of amides is 1. The maximum absolute atomic E-state index is 11.8. The Morgan fingerprint density at radius 2 is 1.95 bits per heavy atom. The molecule has 0 radical (unpaired) electrons. The fraction of sp³-hybridized carbons (Fsp3) is 0.0769. The summed E-state index contributed by atoms with van der Waals surface area (Å²) in [6.07, 6.45) is 1.38. The first-order valence-corrected chi connectivity index (χ1v) is 6.07. The van der Waals surface area contributed by atoms with Crippen LogP contribution in [0.1, 0.15) is 15.9 Å². The van der Waals surface area contributed by atoms with Crippen molar-refractivity contribution in [1.82, 2.24) is 10.3 Å². The Hall–Kier alpha value is -2.47. The van der Waals surface area contributed by atoms with E-state index in [9.17, 15) is 14.9 Å². The molecule has 2 aromatic rings. The largest absolute Gasteiger partial charge is 0.348 e. The fourth-order valence-electron chi connectivity index (χ4n) is 1.53. The number of rotatable bonds is 4. The second-order valence-electron chi connectivity index (χ2n) is 3.98. The molecule has 0 unspecified atom stereocenters. The summed E-state index contributed by atoms with van der Waals surface area (Å²) in [6.45, 7) is 0.277. The zero-order valence-corrected chi connectivity index (χ0v) is 11.0. The topological polar surface area (TPSA) is 85.1 Å². The monoisotopic (exact) mass is 291 g/mol. The SMILES string of the molecule is O=C(NCc1ccc([N+](=O)[O-])cc1)c1ccc(Cl)nc1. The summed E-state index contributed by atoms with van der Waals surface area (Å²) < 4.78 is 0. The smallest absolute Gasteiger partial charge is 0.269 e. The van der Waals surface area contributed by atoms with E-state index in [1.165, 1.54) is 24.4 Å². The molecule has 0 saturated carbocycles. The van der Waals surface area contributed by atoms with Crippen molar-refractivity contribution in [3.8, 4) is 0 Å². The molecule has 1 aromatic carbocycles. The molecule has 0 saturated heterocycles. The normalized spacial score (nSPS) is 10.1. The van der Waals surface area contributed by atoms with Gasteiger partial charge in [0.05, 0.1) is 10.5 Å². The molecule has 1 amide bonds. The van der Waals surface area contributed by atoms with E-state index in [1.54, 1.807) is 18.2 Å². The molecule has 0 fully saturated rings. The van der Waals surface area contributed by atoms with E-state index in [1.807, 2.05) is 0 Å². The zero-order valence-electron chi connectivity index (χ0n) is 10.2. The third kappa shape index (κ3) is 3.52. The van der Waals surface area contributed by atoms with E-state index in [0.717, 1.165) is 5.56 Å². The third-order valence-electron chi connectivity index (χ3n) is 2.59. The Morgan fingerprint density at radius 1 is 1.25 bits per heavy atom. The van der Waals surface area contributed by atoms with E-state index >= 15 is 0 Å². The first kappa shape index (κ1) is 14.0. The molecule has 6 nitrogen and oxygen atoms in total. The molecule has 0 aliphatic heterocycles. The van der Waals surface area contributed by atoms with Crippen LogP contribution in [0.4, 0.5) is 5.69 Å².